The van der Waals surface area contributed by atoms with Gasteiger partial charge in [-0.15, -0.1) is 0 Å². The van der Waals surface area contributed by atoms with Crippen LogP contribution in [0.25, 0.3) is 0 Å². The number of anilines is 1. The first-order valence-corrected chi connectivity index (χ1v) is 15.5. The molecule has 4 aromatic carbocycles. The summed E-state index contributed by atoms with van der Waals surface area (Å²) < 4.78 is 17.2. The second kappa shape index (κ2) is 16.1. The number of aryl methyl sites for hydroxylation is 1. The summed E-state index contributed by atoms with van der Waals surface area (Å²) in [6, 6.07) is 33.4. The van der Waals surface area contributed by atoms with Crippen LogP contribution in [0.15, 0.2) is 109 Å². The summed E-state index contributed by atoms with van der Waals surface area (Å²) in [5.74, 6) is -0.0514. The summed E-state index contributed by atoms with van der Waals surface area (Å²) in [4.78, 5) is 26.5. The highest BCUT2D eigenvalue weighted by molar-refractivity contribution is 6.30. The predicted molar refractivity (Wildman–Crippen MR) is 176 cm³/mol. The number of amides is 2. The number of para-hydroxylation sites is 1. The van der Waals surface area contributed by atoms with Crippen molar-refractivity contribution in [1.29, 1.82) is 0 Å². The van der Waals surface area contributed by atoms with Crippen molar-refractivity contribution in [3.05, 3.63) is 131 Å². The van der Waals surface area contributed by atoms with E-state index in [0.29, 0.717) is 30.3 Å². The average molecular weight is 628 g/mol. The fraction of sp³-hybridized carbons (Fsp3) is 0.278. The monoisotopic (exact) mass is 627 g/mol. The molecule has 2 amide bonds. The summed E-state index contributed by atoms with van der Waals surface area (Å²) in [6.07, 6.45) is 0.640. The minimum absolute atomic E-state index is 0.0180. The number of halogens is 1. The van der Waals surface area contributed by atoms with Crippen molar-refractivity contribution < 1.29 is 23.8 Å². The summed E-state index contributed by atoms with van der Waals surface area (Å²) in [5, 5.41) is 10.0. The zero-order valence-electron chi connectivity index (χ0n) is 25.2. The van der Waals surface area contributed by atoms with Gasteiger partial charge in [0.25, 0.3) is 0 Å². The molecular formula is C36H38ClN3O5. The van der Waals surface area contributed by atoms with Gasteiger partial charge in [0.15, 0.2) is 0 Å². The lowest BCUT2D eigenvalue weighted by atomic mass is 9.84. The SMILES string of the molecule is COC(=O)NC(C(=O)Nc1ccccc1CCC1CNC[C@@H](COc2ccc(Cl)cc2)O1)C(c1ccccc1)c1ccccc1. The van der Waals surface area contributed by atoms with Crippen molar-refractivity contribution in [2.24, 2.45) is 0 Å². The van der Waals surface area contributed by atoms with Crippen LogP contribution >= 0.6 is 11.6 Å². The van der Waals surface area contributed by atoms with Crippen LogP contribution in [0.2, 0.25) is 5.02 Å². The van der Waals surface area contributed by atoms with Gasteiger partial charge in [-0.1, -0.05) is 90.5 Å². The maximum absolute atomic E-state index is 14.0. The van der Waals surface area contributed by atoms with Crippen molar-refractivity contribution in [2.45, 2.75) is 37.0 Å². The second-order valence-electron chi connectivity index (χ2n) is 10.9. The molecule has 0 aliphatic carbocycles. The van der Waals surface area contributed by atoms with Crippen LogP contribution in [0.3, 0.4) is 0 Å². The van der Waals surface area contributed by atoms with E-state index in [1.165, 1.54) is 7.11 Å². The maximum atomic E-state index is 14.0. The number of morpholine rings is 1. The highest BCUT2D eigenvalue weighted by Gasteiger charge is 2.33. The molecule has 1 fully saturated rings. The van der Waals surface area contributed by atoms with Crippen molar-refractivity contribution >= 4 is 29.3 Å². The zero-order chi connectivity index (χ0) is 31.4. The Morgan fingerprint density at radius 2 is 1.49 bits per heavy atom. The summed E-state index contributed by atoms with van der Waals surface area (Å²) >= 11 is 5.97. The van der Waals surface area contributed by atoms with Crippen LogP contribution in [0, 0.1) is 0 Å². The molecule has 1 saturated heterocycles. The molecule has 0 saturated carbocycles. The first-order chi connectivity index (χ1) is 22.0. The van der Waals surface area contributed by atoms with Gasteiger partial charge in [-0.25, -0.2) is 4.79 Å². The fourth-order valence-corrected chi connectivity index (χ4v) is 5.66. The Balaban J connectivity index is 1.27. The molecule has 5 rings (SSSR count). The molecule has 45 heavy (non-hydrogen) atoms. The number of ether oxygens (including phenoxy) is 3. The van der Waals surface area contributed by atoms with Gasteiger partial charge in [-0.3, -0.25) is 4.79 Å². The van der Waals surface area contributed by atoms with Gasteiger partial charge >= 0.3 is 6.09 Å². The highest BCUT2D eigenvalue weighted by atomic mass is 35.5. The molecule has 234 valence electrons. The first-order valence-electron chi connectivity index (χ1n) is 15.1. The predicted octanol–water partition coefficient (Wildman–Crippen LogP) is 6.20. The van der Waals surface area contributed by atoms with Gasteiger partial charge < -0.3 is 30.2 Å². The molecule has 0 spiro atoms. The van der Waals surface area contributed by atoms with Gasteiger partial charge in [-0.2, -0.15) is 0 Å². The van der Waals surface area contributed by atoms with E-state index in [9.17, 15) is 9.59 Å². The Labute approximate surface area is 269 Å². The largest absolute Gasteiger partial charge is 0.491 e. The quantitative estimate of drug-likeness (QED) is 0.173. The van der Waals surface area contributed by atoms with Crippen LogP contribution in [0.4, 0.5) is 10.5 Å². The Kier molecular flexibility index (Phi) is 11.5. The number of carbonyl (C=O) groups is 2. The van der Waals surface area contributed by atoms with Crippen molar-refractivity contribution in [3.63, 3.8) is 0 Å². The number of benzene rings is 4. The smallest absolute Gasteiger partial charge is 0.407 e. The molecule has 3 atom stereocenters. The number of hydrogen-bond donors (Lipinski definition) is 3. The molecule has 9 heteroatoms. The Morgan fingerprint density at radius 1 is 0.867 bits per heavy atom. The zero-order valence-corrected chi connectivity index (χ0v) is 25.9. The summed E-state index contributed by atoms with van der Waals surface area (Å²) in [5.41, 5.74) is 3.45. The Bertz CT molecular complexity index is 1480. The molecule has 0 radical (unpaired) electrons. The van der Waals surface area contributed by atoms with Gasteiger partial charge in [0, 0.05) is 29.7 Å². The lowest BCUT2D eigenvalue weighted by molar-refractivity contribution is -0.118. The second-order valence-corrected chi connectivity index (χ2v) is 11.3. The molecule has 2 unspecified atom stereocenters. The summed E-state index contributed by atoms with van der Waals surface area (Å²) in [7, 11) is 1.29. The van der Waals surface area contributed by atoms with E-state index in [-0.39, 0.29) is 18.1 Å². The normalized spacial score (nSPS) is 16.9. The number of nitrogens with one attached hydrogen (secondary N) is 3. The number of carbonyl (C=O) groups excluding carboxylic acids is 2. The molecule has 1 aliphatic heterocycles. The van der Waals surface area contributed by atoms with Crippen LogP contribution in [0.5, 0.6) is 5.75 Å². The van der Waals surface area contributed by atoms with Crippen LogP contribution in [-0.4, -0.2) is 57.1 Å². The van der Waals surface area contributed by atoms with Crippen LogP contribution < -0.4 is 20.7 Å². The van der Waals surface area contributed by atoms with Gasteiger partial charge in [0.2, 0.25) is 5.91 Å². The van der Waals surface area contributed by atoms with Gasteiger partial charge in [-0.05, 0) is 59.9 Å². The highest BCUT2D eigenvalue weighted by Crippen LogP contribution is 2.30. The van der Waals surface area contributed by atoms with E-state index in [0.717, 1.165) is 35.4 Å². The third kappa shape index (κ3) is 9.08. The van der Waals surface area contributed by atoms with Crippen molar-refractivity contribution in [2.75, 3.05) is 32.1 Å². The Morgan fingerprint density at radius 3 is 2.16 bits per heavy atom. The lowest BCUT2D eigenvalue weighted by Gasteiger charge is -2.31. The first kappa shape index (κ1) is 32.0. The third-order valence-corrected chi connectivity index (χ3v) is 8.03. The Hall–Kier alpha value is -4.37. The number of hydrogen-bond acceptors (Lipinski definition) is 6. The minimum Gasteiger partial charge on any atom is -0.491 e. The summed E-state index contributed by atoms with van der Waals surface area (Å²) in [6.45, 7) is 1.86. The van der Waals surface area contributed by atoms with E-state index in [1.54, 1.807) is 12.1 Å². The van der Waals surface area contributed by atoms with E-state index in [2.05, 4.69) is 16.0 Å². The molecule has 0 aromatic heterocycles. The number of alkyl carbamates (subject to hydrolysis) is 1. The maximum Gasteiger partial charge on any atom is 0.407 e. The van der Waals surface area contributed by atoms with E-state index in [1.807, 2.05) is 97.1 Å². The minimum atomic E-state index is -0.942. The third-order valence-electron chi connectivity index (χ3n) is 7.78. The molecule has 1 aliphatic rings. The molecule has 0 bridgehead atoms. The van der Waals surface area contributed by atoms with Crippen molar-refractivity contribution in [3.8, 4) is 5.75 Å². The molecule has 8 nitrogen and oxygen atoms in total. The van der Waals surface area contributed by atoms with E-state index < -0.39 is 18.1 Å². The number of rotatable bonds is 12. The average Bonchev–Trinajstić information content (AvgIpc) is 3.08. The van der Waals surface area contributed by atoms with E-state index in [4.69, 9.17) is 25.8 Å². The fourth-order valence-electron chi connectivity index (χ4n) is 5.53. The molecule has 3 N–H and O–H groups in total. The van der Waals surface area contributed by atoms with Crippen LogP contribution in [-0.2, 0) is 20.7 Å². The standard InChI is InChI=1S/C36H38ClN3O5/c1-43-36(42)40-34(33(26-11-4-2-5-12-26)27-13-6-3-7-14-27)35(41)39-32-15-9-8-10-25(32)16-19-30-22-38-23-31(45-30)24-44-29-20-17-28(37)18-21-29/h2-15,17-18,20-21,30-31,33-34,38H,16,19,22-24H2,1H3,(H,39,41)(H,40,42)/t30?,31-,34?/m0/s1. The van der Waals surface area contributed by atoms with Crippen LogP contribution in [0.1, 0.15) is 29.0 Å². The molecule has 1 heterocycles. The topological polar surface area (TPSA) is 97.9 Å². The van der Waals surface area contributed by atoms with Crippen molar-refractivity contribution in [1.82, 2.24) is 10.6 Å². The number of methoxy groups -OCH3 is 1. The lowest BCUT2D eigenvalue weighted by Crippen LogP contribution is -2.48. The van der Waals surface area contributed by atoms with E-state index >= 15 is 0 Å². The molecule has 4 aromatic rings. The molecular weight excluding hydrogens is 590 g/mol. The van der Waals surface area contributed by atoms with Gasteiger partial charge in [0.1, 0.15) is 24.5 Å². The van der Waals surface area contributed by atoms with Gasteiger partial charge in [0.05, 0.1) is 13.2 Å².